The van der Waals surface area contributed by atoms with Crippen LogP contribution in [-0.2, 0) is 11.8 Å². The highest BCUT2D eigenvalue weighted by Crippen LogP contribution is 2.22. The van der Waals surface area contributed by atoms with Gasteiger partial charge in [-0.1, -0.05) is 47.7 Å². The molecule has 0 aliphatic rings. The largest absolute Gasteiger partial charge is 0.319 e. The lowest BCUT2D eigenvalue weighted by Gasteiger charge is -2.01. The van der Waals surface area contributed by atoms with Crippen molar-refractivity contribution in [2.45, 2.75) is 13.8 Å². The first-order chi connectivity index (χ1) is 11.0. The highest BCUT2D eigenvalue weighted by atomic mass is 32.1. The van der Waals surface area contributed by atoms with Gasteiger partial charge in [0, 0.05) is 13.1 Å². The number of carbonyl (C=O) groups excluding carboxylic acids is 1. The molecule has 23 heavy (non-hydrogen) atoms. The van der Waals surface area contributed by atoms with E-state index >= 15 is 0 Å². The Bertz CT molecular complexity index is 962. The van der Waals surface area contributed by atoms with Crippen LogP contribution in [0, 0.1) is 13.8 Å². The van der Waals surface area contributed by atoms with Gasteiger partial charge in [-0.05, 0) is 42.7 Å². The van der Waals surface area contributed by atoms with Gasteiger partial charge in [-0.15, -0.1) is 0 Å². The molecule has 2 aromatic carbocycles. The fourth-order valence-corrected chi connectivity index (χ4v) is 3.85. The van der Waals surface area contributed by atoms with Crippen LogP contribution in [0.15, 0.2) is 53.5 Å². The Morgan fingerprint density at radius 3 is 2.65 bits per heavy atom. The van der Waals surface area contributed by atoms with E-state index in [0.29, 0.717) is 0 Å². The monoisotopic (exact) mass is 322 g/mol. The number of fused-ring (bicyclic) bond motifs is 1. The van der Waals surface area contributed by atoms with Crippen LogP contribution in [0.3, 0.4) is 0 Å². The van der Waals surface area contributed by atoms with Crippen LogP contribution >= 0.6 is 11.3 Å². The minimum atomic E-state index is -0.245. The van der Waals surface area contributed by atoms with E-state index in [1.807, 2.05) is 41.9 Å². The molecule has 4 heteroatoms. The SMILES string of the molecule is Cc1cc(C)c2c(c1)sc(=NC(=O)/C=C/c1ccccc1)n2C. The maximum atomic E-state index is 12.1. The Balaban J connectivity index is 1.98. The maximum absolute atomic E-state index is 12.1. The Hall–Kier alpha value is -2.46. The number of rotatable bonds is 2. The molecule has 0 saturated heterocycles. The number of thiazole rings is 1. The van der Waals surface area contributed by atoms with Crippen molar-refractivity contribution in [2.24, 2.45) is 12.0 Å². The summed E-state index contributed by atoms with van der Waals surface area (Å²) >= 11 is 1.54. The summed E-state index contributed by atoms with van der Waals surface area (Å²) in [5, 5.41) is 0. The summed E-state index contributed by atoms with van der Waals surface area (Å²) < 4.78 is 3.15. The van der Waals surface area contributed by atoms with Gasteiger partial charge in [-0.2, -0.15) is 4.99 Å². The molecule has 0 N–H and O–H groups in total. The van der Waals surface area contributed by atoms with Gasteiger partial charge < -0.3 is 4.57 Å². The molecular weight excluding hydrogens is 304 g/mol. The van der Waals surface area contributed by atoms with Crippen molar-refractivity contribution < 1.29 is 4.79 Å². The first-order valence-corrected chi connectivity index (χ1v) is 8.25. The van der Waals surface area contributed by atoms with E-state index in [0.717, 1.165) is 20.6 Å². The van der Waals surface area contributed by atoms with Crippen molar-refractivity contribution in [1.29, 1.82) is 0 Å². The highest BCUT2D eigenvalue weighted by Gasteiger charge is 2.07. The van der Waals surface area contributed by atoms with Gasteiger partial charge in [0.1, 0.15) is 0 Å². The lowest BCUT2D eigenvalue weighted by molar-refractivity contribution is -0.113. The van der Waals surface area contributed by atoms with Crippen molar-refractivity contribution in [1.82, 2.24) is 4.57 Å². The summed E-state index contributed by atoms with van der Waals surface area (Å²) in [6.45, 7) is 4.17. The summed E-state index contributed by atoms with van der Waals surface area (Å²) in [7, 11) is 1.95. The first-order valence-electron chi connectivity index (χ1n) is 7.43. The number of hydrogen-bond acceptors (Lipinski definition) is 2. The Morgan fingerprint density at radius 2 is 1.91 bits per heavy atom. The van der Waals surface area contributed by atoms with E-state index in [1.54, 1.807) is 17.4 Å². The highest BCUT2D eigenvalue weighted by molar-refractivity contribution is 7.16. The molecule has 0 bridgehead atoms. The summed E-state index contributed by atoms with van der Waals surface area (Å²) in [5.41, 5.74) is 4.55. The summed E-state index contributed by atoms with van der Waals surface area (Å²) in [5.74, 6) is -0.245. The number of aromatic nitrogens is 1. The van der Waals surface area contributed by atoms with E-state index in [4.69, 9.17) is 0 Å². The number of nitrogens with zero attached hydrogens (tertiary/aromatic N) is 2. The standard InChI is InChI=1S/C19H18N2OS/c1-13-11-14(2)18-16(12-13)23-19(21(18)3)20-17(22)10-9-15-7-5-4-6-8-15/h4-12H,1-3H3/b10-9+,20-19?. The predicted octanol–water partition coefficient (Wildman–Crippen LogP) is 4.00. The Morgan fingerprint density at radius 1 is 1.17 bits per heavy atom. The zero-order chi connectivity index (χ0) is 16.4. The number of carbonyl (C=O) groups is 1. The minimum absolute atomic E-state index is 0.245. The smallest absolute Gasteiger partial charge is 0.272 e. The lowest BCUT2D eigenvalue weighted by Crippen LogP contribution is -2.12. The van der Waals surface area contributed by atoms with Crippen LogP contribution in [-0.4, -0.2) is 10.5 Å². The predicted molar refractivity (Wildman–Crippen MR) is 96.3 cm³/mol. The zero-order valence-corrected chi connectivity index (χ0v) is 14.2. The average Bonchev–Trinajstić information content (AvgIpc) is 2.82. The zero-order valence-electron chi connectivity index (χ0n) is 13.4. The van der Waals surface area contributed by atoms with Crippen LogP contribution in [0.5, 0.6) is 0 Å². The lowest BCUT2D eigenvalue weighted by atomic mass is 10.1. The van der Waals surface area contributed by atoms with Crippen molar-refractivity contribution in [3.05, 3.63) is 70.0 Å². The molecule has 3 nitrogen and oxygen atoms in total. The number of amides is 1. The molecule has 0 atom stereocenters. The van der Waals surface area contributed by atoms with Gasteiger partial charge in [0.2, 0.25) is 0 Å². The van der Waals surface area contributed by atoms with Gasteiger partial charge in [0.25, 0.3) is 5.91 Å². The number of aryl methyl sites for hydroxylation is 3. The van der Waals surface area contributed by atoms with E-state index in [1.165, 1.54) is 17.2 Å². The van der Waals surface area contributed by atoms with E-state index in [9.17, 15) is 4.79 Å². The van der Waals surface area contributed by atoms with Crippen LogP contribution < -0.4 is 4.80 Å². The minimum Gasteiger partial charge on any atom is -0.319 e. The van der Waals surface area contributed by atoms with Crippen LogP contribution in [0.1, 0.15) is 16.7 Å². The second-order valence-electron chi connectivity index (χ2n) is 5.57. The molecule has 1 aromatic heterocycles. The first kappa shape index (κ1) is 15.4. The van der Waals surface area contributed by atoms with Crippen LogP contribution in [0.25, 0.3) is 16.3 Å². The second kappa shape index (κ2) is 6.34. The second-order valence-corrected chi connectivity index (χ2v) is 6.58. The molecule has 0 unspecified atom stereocenters. The van der Waals surface area contributed by atoms with Gasteiger partial charge in [-0.3, -0.25) is 4.79 Å². The molecule has 0 radical (unpaired) electrons. The molecule has 0 aliphatic carbocycles. The summed E-state index contributed by atoms with van der Waals surface area (Å²) in [4.78, 5) is 17.1. The fourth-order valence-electron chi connectivity index (χ4n) is 2.65. The van der Waals surface area contributed by atoms with E-state index < -0.39 is 0 Å². The van der Waals surface area contributed by atoms with Crippen LogP contribution in [0.4, 0.5) is 0 Å². The van der Waals surface area contributed by atoms with Crippen molar-refractivity contribution >= 4 is 33.5 Å². The molecule has 0 fully saturated rings. The summed E-state index contributed by atoms with van der Waals surface area (Å²) in [6, 6.07) is 14.0. The molecule has 1 heterocycles. The van der Waals surface area contributed by atoms with Gasteiger partial charge in [0.05, 0.1) is 10.2 Å². The third-order valence-electron chi connectivity index (χ3n) is 3.66. The molecule has 0 aliphatic heterocycles. The topological polar surface area (TPSA) is 34.4 Å². The molecule has 0 spiro atoms. The average molecular weight is 322 g/mol. The number of hydrogen-bond donors (Lipinski definition) is 0. The van der Waals surface area contributed by atoms with Crippen molar-refractivity contribution in [2.75, 3.05) is 0 Å². The van der Waals surface area contributed by atoms with Gasteiger partial charge in [-0.25, -0.2) is 0 Å². The third kappa shape index (κ3) is 3.32. The maximum Gasteiger partial charge on any atom is 0.272 e. The summed E-state index contributed by atoms with van der Waals surface area (Å²) in [6.07, 6.45) is 3.30. The third-order valence-corrected chi connectivity index (χ3v) is 4.74. The van der Waals surface area contributed by atoms with Gasteiger partial charge >= 0.3 is 0 Å². The van der Waals surface area contributed by atoms with Crippen molar-refractivity contribution in [3.63, 3.8) is 0 Å². The van der Waals surface area contributed by atoms with E-state index in [-0.39, 0.29) is 5.91 Å². The van der Waals surface area contributed by atoms with Gasteiger partial charge in [0.15, 0.2) is 4.80 Å². The van der Waals surface area contributed by atoms with Crippen LogP contribution in [0.2, 0.25) is 0 Å². The Kier molecular flexibility index (Phi) is 4.26. The van der Waals surface area contributed by atoms with E-state index in [2.05, 4.69) is 31.0 Å². The molecular formula is C19H18N2OS. The van der Waals surface area contributed by atoms with Crippen molar-refractivity contribution in [3.8, 4) is 0 Å². The quantitative estimate of drug-likeness (QED) is 0.657. The normalized spacial score (nSPS) is 12.4. The fraction of sp³-hybridized carbons (Fsp3) is 0.158. The Labute approximate surface area is 139 Å². The molecule has 116 valence electrons. The molecule has 3 aromatic rings. The number of benzene rings is 2. The molecule has 3 rings (SSSR count). The molecule has 0 saturated carbocycles. The molecule has 1 amide bonds.